The lowest BCUT2D eigenvalue weighted by atomic mass is 10.1. The number of anilines is 1. The molecule has 0 aliphatic carbocycles. The second-order valence-electron chi connectivity index (χ2n) is 5.74. The van der Waals surface area contributed by atoms with E-state index >= 15 is 0 Å². The average molecular weight is 351 g/mol. The smallest absolute Gasteiger partial charge is 0.417 e. The lowest BCUT2D eigenvalue weighted by molar-refractivity contribution is -0.137. The molecule has 1 atom stereocenters. The minimum Gasteiger partial charge on any atom is -0.472 e. The molecule has 1 aromatic carbocycles. The molecule has 1 aromatic heterocycles. The number of hydrogen-bond acceptors (Lipinski definition) is 4. The van der Waals surface area contributed by atoms with E-state index in [2.05, 4.69) is 4.98 Å². The molecule has 0 radical (unpaired) electrons. The largest absolute Gasteiger partial charge is 0.472 e. The second kappa shape index (κ2) is 6.62. The Kier molecular flexibility index (Phi) is 4.52. The van der Waals surface area contributed by atoms with Gasteiger partial charge in [-0.3, -0.25) is 4.79 Å². The number of rotatable bonds is 4. The molecule has 1 unspecified atom stereocenters. The van der Waals surface area contributed by atoms with Crippen LogP contribution in [-0.2, 0) is 6.18 Å². The summed E-state index contributed by atoms with van der Waals surface area (Å²) >= 11 is 0. The summed E-state index contributed by atoms with van der Waals surface area (Å²) in [5.41, 5.74) is 5.72. The number of ether oxygens (including phenoxy) is 1. The van der Waals surface area contributed by atoms with E-state index in [-0.39, 0.29) is 12.0 Å². The fourth-order valence-electron chi connectivity index (χ4n) is 2.79. The number of benzene rings is 1. The molecule has 1 amide bonds. The highest BCUT2D eigenvalue weighted by Crippen LogP contribution is 2.30. The summed E-state index contributed by atoms with van der Waals surface area (Å²) in [5, 5.41) is 0. The third kappa shape index (κ3) is 3.84. The first-order chi connectivity index (χ1) is 11.8. The molecule has 0 spiro atoms. The molecule has 5 nitrogen and oxygen atoms in total. The number of nitrogens with zero attached hydrogens (tertiary/aromatic N) is 2. The normalized spacial score (nSPS) is 17.6. The molecular weight excluding hydrogens is 335 g/mol. The zero-order chi connectivity index (χ0) is 18.0. The van der Waals surface area contributed by atoms with Crippen molar-refractivity contribution >= 4 is 11.6 Å². The fourth-order valence-corrected chi connectivity index (χ4v) is 2.79. The predicted molar refractivity (Wildman–Crippen MR) is 85.4 cm³/mol. The van der Waals surface area contributed by atoms with Crippen LogP contribution in [0.5, 0.6) is 5.88 Å². The summed E-state index contributed by atoms with van der Waals surface area (Å²) < 4.78 is 43.3. The molecule has 0 saturated carbocycles. The van der Waals surface area contributed by atoms with Crippen molar-refractivity contribution in [3.8, 4) is 5.88 Å². The van der Waals surface area contributed by atoms with Crippen LogP contribution in [0, 0.1) is 0 Å². The third-order valence-corrected chi connectivity index (χ3v) is 4.01. The number of amides is 1. The summed E-state index contributed by atoms with van der Waals surface area (Å²) in [6, 6.07) is 9.16. The van der Waals surface area contributed by atoms with Crippen molar-refractivity contribution < 1.29 is 22.7 Å². The topological polar surface area (TPSA) is 68.5 Å². The van der Waals surface area contributed by atoms with Gasteiger partial charge in [0.1, 0.15) is 6.10 Å². The Balaban J connectivity index is 1.67. The Morgan fingerprint density at radius 1 is 1.24 bits per heavy atom. The van der Waals surface area contributed by atoms with Crippen LogP contribution in [0.3, 0.4) is 0 Å². The zero-order valence-corrected chi connectivity index (χ0v) is 13.2. The first-order valence-electron chi connectivity index (χ1n) is 7.68. The number of primary amides is 1. The first-order valence-corrected chi connectivity index (χ1v) is 7.68. The van der Waals surface area contributed by atoms with Gasteiger partial charge in [0.15, 0.2) is 0 Å². The fraction of sp³-hybridized carbons (Fsp3) is 0.294. The maximum atomic E-state index is 12.5. The predicted octanol–water partition coefficient (Wildman–Crippen LogP) is 2.86. The van der Waals surface area contributed by atoms with E-state index in [9.17, 15) is 18.0 Å². The summed E-state index contributed by atoms with van der Waals surface area (Å²) in [6.45, 7) is 1.14. The van der Waals surface area contributed by atoms with Gasteiger partial charge in [-0.25, -0.2) is 4.98 Å². The van der Waals surface area contributed by atoms with Crippen molar-refractivity contribution in [1.29, 1.82) is 0 Å². The van der Waals surface area contributed by atoms with Gasteiger partial charge in [-0.2, -0.15) is 13.2 Å². The van der Waals surface area contributed by atoms with Crippen LogP contribution in [0.4, 0.5) is 18.9 Å². The van der Waals surface area contributed by atoms with E-state index in [1.54, 1.807) is 18.2 Å². The Bertz CT molecular complexity index is 762. The second-order valence-corrected chi connectivity index (χ2v) is 5.74. The molecule has 0 bridgehead atoms. The van der Waals surface area contributed by atoms with E-state index in [4.69, 9.17) is 10.5 Å². The molecule has 2 N–H and O–H groups in total. The van der Waals surface area contributed by atoms with Crippen LogP contribution in [0.1, 0.15) is 22.3 Å². The Labute approximate surface area is 142 Å². The quantitative estimate of drug-likeness (QED) is 0.920. The van der Waals surface area contributed by atoms with Crippen LogP contribution in [0.25, 0.3) is 0 Å². The van der Waals surface area contributed by atoms with Crippen molar-refractivity contribution in [3.05, 3.63) is 53.7 Å². The molecule has 8 heteroatoms. The van der Waals surface area contributed by atoms with Gasteiger partial charge >= 0.3 is 6.18 Å². The standard InChI is InChI=1S/C17H16F3N3O2/c18-17(19,20)11-5-6-15(22-9-11)25-12-7-8-23(10-12)14-4-2-1-3-13(14)16(21)24/h1-6,9,12H,7-8,10H2,(H2,21,24). The van der Waals surface area contributed by atoms with Crippen LogP contribution < -0.4 is 15.4 Å². The molecule has 2 heterocycles. The molecule has 1 saturated heterocycles. The number of hydrogen-bond donors (Lipinski definition) is 1. The number of alkyl halides is 3. The van der Waals surface area contributed by atoms with E-state index in [1.165, 1.54) is 6.07 Å². The SMILES string of the molecule is NC(=O)c1ccccc1N1CCC(Oc2ccc(C(F)(F)F)cn2)C1. The highest BCUT2D eigenvalue weighted by molar-refractivity contribution is 5.98. The number of aromatic nitrogens is 1. The van der Waals surface area contributed by atoms with Crippen LogP contribution in [0.15, 0.2) is 42.6 Å². The molecule has 25 heavy (non-hydrogen) atoms. The summed E-state index contributed by atoms with van der Waals surface area (Å²) in [6.07, 6.45) is -3.24. The number of carbonyl (C=O) groups excluding carboxylic acids is 1. The van der Waals surface area contributed by atoms with Gasteiger partial charge in [-0.15, -0.1) is 0 Å². The van der Waals surface area contributed by atoms with Crippen molar-refractivity contribution in [2.75, 3.05) is 18.0 Å². The van der Waals surface area contributed by atoms with E-state index in [1.807, 2.05) is 11.0 Å². The van der Waals surface area contributed by atoms with E-state index in [0.29, 0.717) is 25.1 Å². The molecule has 1 aliphatic heterocycles. The van der Waals surface area contributed by atoms with Crippen LogP contribution >= 0.6 is 0 Å². The molecule has 2 aromatic rings. The van der Waals surface area contributed by atoms with E-state index in [0.717, 1.165) is 18.0 Å². The molecule has 132 valence electrons. The summed E-state index contributed by atoms with van der Waals surface area (Å²) in [5.74, 6) is -0.368. The third-order valence-electron chi connectivity index (χ3n) is 4.01. The Morgan fingerprint density at radius 2 is 2.00 bits per heavy atom. The van der Waals surface area contributed by atoms with E-state index < -0.39 is 17.6 Å². The monoisotopic (exact) mass is 351 g/mol. The maximum absolute atomic E-state index is 12.5. The van der Waals surface area contributed by atoms with Crippen molar-refractivity contribution in [2.24, 2.45) is 5.73 Å². The van der Waals surface area contributed by atoms with Gasteiger partial charge < -0.3 is 15.4 Å². The lowest BCUT2D eigenvalue weighted by Gasteiger charge is -2.21. The number of para-hydroxylation sites is 1. The van der Waals surface area contributed by atoms with Gasteiger partial charge in [-0.1, -0.05) is 12.1 Å². The number of carbonyl (C=O) groups is 1. The zero-order valence-electron chi connectivity index (χ0n) is 13.2. The van der Waals surface area contributed by atoms with Gasteiger partial charge in [0, 0.05) is 30.9 Å². The van der Waals surface area contributed by atoms with Gasteiger partial charge in [-0.05, 0) is 18.2 Å². The van der Waals surface area contributed by atoms with Crippen LogP contribution in [-0.4, -0.2) is 30.1 Å². The minimum absolute atomic E-state index is 0.142. The van der Waals surface area contributed by atoms with Gasteiger partial charge in [0.05, 0.1) is 17.7 Å². The van der Waals surface area contributed by atoms with Crippen molar-refractivity contribution in [2.45, 2.75) is 18.7 Å². The highest BCUT2D eigenvalue weighted by atomic mass is 19.4. The van der Waals surface area contributed by atoms with Gasteiger partial charge in [0.2, 0.25) is 5.88 Å². The molecular formula is C17H16F3N3O2. The summed E-state index contributed by atoms with van der Waals surface area (Å²) in [7, 11) is 0. The first kappa shape index (κ1) is 17.1. The van der Waals surface area contributed by atoms with Crippen molar-refractivity contribution in [3.63, 3.8) is 0 Å². The molecule has 1 aliphatic rings. The number of pyridine rings is 1. The molecule has 1 fully saturated rings. The Morgan fingerprint density at radius 3 is 2.64 bits per heavy atom. The average Bonchev–Trinajstić information content (AvgIpc) is 3.03. The summed E-state index contributed by atoms with van der Waals surface area (Å²) in [4.78, 5) is 17.2. The Hall–Kier alpha value is -2.77. The lowest BCUT2D eigenvalue weighted by Crippen LogP contribution is -2.27. The maximum Gasteiger partial charge on any atom is 0.417 e. The van der Waals surface area contributed by atoms with Gasteiger partial charge in [0.25, 0.3) is 5.91 Å². The minimum atomic E-state index is -4.42. The molecule has 3 rings (SSSR count). The number of halogens is 3. The number of nitrogens with two attached hydrogens (primary N) is 1. The highest BCUT2D eigenvalue weighted by Gasteiger charge is 2.31. The van der Waals surface area contributed by atoms with Crippen molar-refractivity contribution in [1.82, 2.24) is 4.98 Å². The van der Waals surface area contributed by atoms with Crippen LogP contribution in [0.2, 0.25) is 0 Å².